The Morgan fingerprint density at radius 3 is 1.76 bits per heavy atom. The highest BCUT2D eigenvalue weighted by molar-refractivity contribution is 6.62. The van der Waals surface area contributed by atoms with Crippen molar-refractivity contribution in [2.24, 2.45) is 0 Å². The number of hydrogen-bond acceptors (Lipinski definition) is 4. The van der Waals surface area contributed by atoms with Gasteiger partial charge >= 0.3 is 25.4 Å². The van der Waals surface area contributed by atoms with Gasteiger partial charge in [0.1, 0.15) is 0 Å². The van der Waals surface area contributed by atoms with Gasteiger partial charge in [-0.3, -0.25) is 0 Å². The summed E-state index contributed by atoms with van der Waals surface area (Å²) in [6, 6.07) is 2.22. The van der Waals surface area contributed by atoms with E-state index in [0.717, 1.165) is 12.1 Å². The summed E-state index contributed by atoms with van der Waals surface area (Å²) in [5.41, 5.74) is -5.93. The summed E-state index contributed by atoms with van der Waals surface area (Å²) in [7, 11) is -1.03. The first kappa shape index (κ1) is 26.3. The SMILES string of the molecule is CC1(C)OB(c2cc(F)c(OC(=O)c3cc(C(F)(F)F)cc(C(F)(F)F)c3)c(Cl)c2)OC1(C)C. The van der Waals surface area contributed by atoms with Crippen molar-refractivity contribution in [2.75, 3.05) is 0 Å². The van der Waals surface area contributed by atoms with E-state index in [2.05, 4.69) is 0 Å². The van der Waals surface area contributed by atoms with Crippen LogP contribution in [-0.4, -0.2) is 24.3 Å². The van der Waals surface area contributed by atoms with Crippen molar-refractivity contribution in [1.82, 2.24) is 0 Å². The quantitative estimate of drug-likeness (QED) is 0.218. The van der Waals surface area contributed by atoms with Gasteiger partial charge in [-0.1, -0.05) is 11.6 Å². The molecule has 1 heterocycles. The van der Waals surface area contributed by atoms with Crippen molar-refractivity contribution in [2.45, 2.75) is 51.2 Å². The number of halogens is 8. The van der Waals surface area contributed by atoms with Gasteiger partial charge < -0.3 is 14.0 Å². The topological polar surface area (TPSA) is 44.8 Å². The molecule has 3 rings (SSSR count). The molecule has 0 spiro atoms. The van der Waals surface area contributed by atoms with E-state index in [1.807, 2.05) is 0 Å². The molecule has 1 saturated heterocycles. The lowest BCUT2D eigenvalue weighted by atomic mass is 9.79. The number of hydrogen-bond donors (Lipinski definition) is 0. The zero-order chi connectivity index (χ0) is 25.9. The summed E-state index contributed by atoms with van der Waals surface area (Å²) in [6.07, 6.45) is -10.4. The summed E-state index contributed by atoms with van der Waals surface area (Å²) in [6.45, 7) is 7.02. The van der Waals surface area contributed by atoms with Crippen LogP contribution in [0, 0.1) is 5.82 Å². The van der Waals surface area contributed by atoms with E-state index in [1.165, 1.54) is 0 Å². The maximum Gasteiger partial charge on any atom is 0.494 e. The second-order valence-corrected chi connectivity index (χ2v) is 8.99. The van der Waals surface area contributed by atoms with Gasteiger partial charge in [0.2, 0.25) is 0 Å². The Labute approximate surface area is 195 Å². The molecule has 0 aromatic heterocycles. The van der Waals surface area contributed by atoms with Crippen molar-refractivity contribution < 1.29 is 49.6 Å². The van der Waals surface area contributed by atoms with E-state index in [-0.39, 0.29) is 23.7 Å². The molecule has 1 fully saturated rings. The van der Waals surface area contributed by atoms with Gasteiger partial charge in [0, 0.05) is 0 Å². The van der Waals surface area contributed by atoms with Crippen LogP contribution in [0.5, 0.6) is 5.75 Å². The second kappa shape index (κ2) is 8.42. The van der Waals surface area contributed by atoms with Gasteiger partial charge in [-0.15, -0.1) is 0 Å². The summed E-state index contributed by atoms with van der Waals surface area (Å²) in [5, 5.41) is -0.471. The van der Waals surface area contributed by atoms with E-state index >= 15 is 0 Å². The van der Waals surface area contributed by atoms with Gasteiger partial charge in [-0.05, 0) is 63.5 Å². The maximum atomic E-state index is 14.7. The average Bonchev–Trinajstić information content (AvgIpc) is 2.90. The van der Waals surface area contributed by atoms with Crippen molar-refractivity contribution in [3.8, 4) is 5.75 Å². The van der Waals surface area contributed by atoms with Crippen LogP contribution >= 0.6 is 11.6 Å². The highest BCUT2D eigenvalue weighted by Gasteiger charge is 2.52. The van der Waals surface area contributed by atoms with Crippen LogP contribution in [0.3, 0.4) is 0 Å². The molecule has 1 aliphatic heterocycles. The molecule has 0 aliphatic carbocycles. The molecule has 0 radical (unpaired) electrons. The van der Waals surface area contributed by atoms with Gasteiger partial charge in [0.25, 0.3) is 0 Å². The lowest BCUT2D eigenvalue weighted by Gasteiger charge is -2.32. The number of rotatable bonds is 3. The Hall–Kier alpha value is -2.31. The molecule has 34 heavy (non-hydrogen) atoms. The van der Waals surface area contributed by atoms with E-state index in [1.54, 1.807) is 27.7 Å². The molecular formula is C21H17BClF7O4. The fraction of sp³-hybridized carbons (Fsp3) is 0.381. The molecule has 2 aromatic rings. The largest absolute Gasteiger partial charge is 0.494 e. The molecule has 0 unspecified atom stereocenters. The van der Waals surface area contributed by atoms with Gasteiger partial charge in [-0.25, -0.2) is 9.18 Å². The Morgan fingerprint density at radius 2 is 1.35 bits per heavy atom. The molecule has 0 amide bonds. The average molecular weight is 513 g/mol. The number of carbonyl (C=O) groups excluding carboxylic acids is 1. The normalized spacial score (nSPS) is 17.7. The van der Waals surface area contributed by atoms with E-state index in [9.17, 15) is 35.5 Å². The Morgan fingerprint density at radius 1 is 0.882 bits per heavy atom. The van der Waals surface area contributed by atoms with Gasteiger partial charge in [0.05, 0.1) is 32.9 Å². The standard InChI is InChI=1S/C21H17BClF7O4/c1-18(2)19(3,4)34-22(33-18)13-8-14(23)16(15(24)9-13)32-17(31)10-5-11(20(25,26)27)7-12(6-10)21(28,29)30/h5-9H,1-4H3. The number of benzene rings is 2. The summed E-state index contributed by atoms with van der Waals surface area (Å²) < 4.78 is 109. The molecule has 1 aliphatic rings. The lowest BCUT2D eigenvalue weighted by molar-refractivity contribution is -0.143. The third-order valence-electron chi connectivity index (χ3n) is 5.56. The first-order valence-corrected chi connectivity index (χ1v) is 10.1. The van der Waals surface area contributed by atoms with Crippen LogP contribution < -0.4 is 10.2 Å². The minimum absolute atomic E-state index is 0.124. The van der Waals surface area contributed by atoms with Crippen LogP contribution in [-0.2, 0) is 21.7 Å². The van der Waals surface area contributed by atoms with Crippen LogP contribution in [0.1, 0.15) is 49.2 Å². The smallest absolute Gasteiger partial charge is 0.418 e. The van der Waals surface area contributed by atoms with E-state index in [0.29, 0.717) is 0 Å². The molecule has 0 N–H and O–H groups in total. The Kier molecular flexibility index (Phi) is 6.51. The maximum absolute atomic E-state index is 14.7. The molecule has 184 valence electrons. The fourth-order valence-electron chi connectivity index (χ4n) is 3.02. The first-order chi connectivity index (χ1) is 15.3. The zero-order valence-corrected chi connectivity index (χ0v) is 18.9. The molecular weight excluding hydrogens is 495 g/mol. The monoisotopic (exact) mass is 512 g/mol. The molecule has 0 bridgehead atoms. The Balaban J connectivity index is 1.93. The second-order valence-electron chi connectivity index (χ2n) is 8.59. The van der Waals surface area contributed by atoms with Crippen LogP contribution in [0.15, 0.2) is 30.3 Å². The minimum atomic E-state index is -5.18. The molecule has 13 heteroatoms. The predicted octanol–water partition coefficient (Wildman–Crippen LogP) is 6.04. The number of carbonyl (C=O) groups is 1. The van der Waals surface area contributed by atoms with Crippen molar-refractivity contribution in [3.05, 3.63) is 57.9 Å². The summed E-state index contributed by atoms with van der Waals surface area (Å²) >= 11 is 6.01. The van der Waals surface area contributed by atoms with Crippen molar-refractivity contribution >= 4 is 30.2 Å². The third-order valence-corrected chi connectivity index (χ3v) is 5.84. The van der Waals surface area contributed by atoms with Gasteiger partial charge in [0.15, 0.2) is 11.6 Å². The molecule has 2 aromatic carbocycles. The van der Waals surface area contributed by atoms with E-state index < -0.39 is 69.9 Å². The number of esters is 1. The first-order valence-electron chi connectivity index (χ1n) is 9.68. The third kappa shape index (κ3) is 5.18. The number of ether oxygens (including phenoxy) is 1. The van der Waals surface area contributed by atoms with Crippen molar-refractivity contribution in [3.63, 3.8) is 0 Å². The van der Waals surface area contributed by atoms with Crippen LogP contribution in [0.2, 0.25) is 5.02 Å². The fourth-order valence-corrected chi connectivity index (χ4v) is 3.27. The van der Waals surface area contributed by atoms with Crippen LogP contribution in [0.25, 0.3) is 0 Å². The lowest BCUT2D eigenvalue weighted by Crippen LogP contribution is -2.41. The summed E-state index contributed by atoms with van der Waals surface area (Å²) in [5.74, 6) is -3.74. The molecule has 0 atom stereocenters. The van der Waals surface area contributed by atoms with Gasteiger partial charge in [-0.2, -0.15) is 26.3 Å². The zero-order valence-electron chi connectivity index (χ0n) is 18.1. The molecule has 0 saturated carbocycles. The predicted molar refractivity (Wildman–Crippen MR) is 109 cm³/mol. The highest BCUT2D eigenvalue weighted by atomic mass is 35.5. The summed E-state index contributed by atoms with van der Waals surface area (Å²) in [4.78, 5) is 12.4. The van der Waals surface area contributed by atoms with Crippen LogP contribution in [0.4, 0.5) is 30.7 Å². The molecule has 4 nitrogen and oxygen atoms in total. The number of alkyl halides is 6. The minimum Gasteiger partial charge on any atom is -0.418 e. The highest BCUT2D eigenvalue weighted by Crippen LogP contribution is 2.39. The van der Waals surface area contributed by atoms with Crippen molar-refractivity contribution in [1.29, 1.82) is 0 Å². The van der Waals surface area contributed by atoms with E-state index in [4.69, 9.17) is 25.6 Å². The Bertz CT molecular complexity index is 1060.